The van der Waals surface area contributed by atoms with Gasteiger partial charge in [-0.15, -0.1) is 0 Å². The molecule has 20 heavy (non-hydrogen) atoms. The van der Waals surface area contributed by atoms with Gasteiger partial charge in [0.2, 0.25) is 5.91 Å². The van der Waals surface area contributed by atoms with Gasteiger partial charge in [-0.05, 0) is 30.5 Å². The number of benzene rings is 1. The van der Waals surface area contributed by atoms with Gasteiger partial charge in [0.15, 0.2) is 0 Å². The van der Waals surface area contributed by atoms with Gasteiger partial charge in [0, 0.05) is 13.0 Å². The van der Waals surface area contributed by atoms with Crippen LogP contribution in [0.25, 0.3) is 0 Å². The molecule has 0 aromatic heterocycles. The van der Waals surface area contributed by atoms with Crippen molar-refractivity contribution in [3.63, 3.8) is 0 Å². The second-order valence-corrected chi connectivity index (χ2v) is 5.28. The highest BCUT2D eigenvalue weighted by molar-refractivity contribution is 5.75. The molecule has 0 aliphatic rings. The summed E-state index contributed by atoms with van der Waals surface area (Å²) in [4.78, 5) is 11.6. The van der Waals surface area contributed by atoms with Crippen molar-refractivity contribution in [1.29, 1.82) is 0 Å². The summed E-state index contributed by atoms with van der Waals surface area (Å²) in [6, 6.07) is 7.12. The molecule has 3 nitrogen and oxygen atoms in total. The van der Waals surface area contributed by atoms with Crippen LogP contribution < -0.4 is 5.32 Å². The van der Waals surface area contributed by atoms with E-state index in [4.69, 9.17) is 0 Å². The molecule has 0 saturated heterocycles. The SMILES string of the molecule is CCCCCCCCC(=O)NCCc1ccc(O)cc1. The smallest absolute Gasteiger partial charge is 0.220 e. The molecule has 1 aromatic rings. The molecule has 0 spiro atoms. The number of hydrogen-bond acceptors (Lipinski definition) is 2. The van der Waals surface area contributed by atoms with Crippen LogP contribution in [0, 0.1) is 0 Å². The lowest BCUT2D eigenvalue weighted by Gasteiger charge is -2.05. The molecule has 1 rings (SSSR count). The van der Waals surface area contributed by atoms with Crippen molar-refractivity contribution in [2.45, 2.75) is 58.3 Å². The number of unbranched alkanes of at least 4 members (excludes halogenated alkanes) is 5. The fraction of sp³-hybridized carbons (Fsp3) is 0.588. The predicted octanol–water partition coefficient (Wildman–Crippen LogP) is 3.80. The van der Waals surface area contributed by atoms with Crippen LogP contribution in [0.3, 0.4) is 0 Å². The maximum Gasteiger partial charge on any atom is 0.220 e. The third-order valence-electron chi connectivity index (χ3n) is 3.43. The van der Waals surface area contributed by atoms with Crippen LogP contribution in [0.5, 0.6) is 5.75 Å². The molecule has 0 atom stereocenters. The van der Waals surface area contributed by atoms with Gasteiger partial charge in [-0.2, -0.15) is 0 Å². The standard InChI is InChI=1S/C17H27NO2/c1-2-3-4-5-6-7-8-17(20)18-14-13-15-9-11-16(19)12-10-15/h9-12,19H,2-8,13-14H2,1H3,(H,18,20). The van der Waals surface area contributed by atoms with E-state index in [0.29, 0.717) is 13.0 Å². The highest BCUT2D eigenvalue weighted by Crippen LogP contribution is 2.10. The largest absolute Gasteiger partial charge is 0.508 e. The Hall–Kier alpha value is -1.51. The number of carbonyl (C=O) groups is 1. The molecule has 0 saturated carbocycles. The minimum Gasteiger partial charge on any atom is -0.508 e. The third-order valence-corrected chi connectivity index (χ3v) is 3.43. The predicted molar refractivity (Wildman–Crippen MR) is 82.8 cm³/mol. The van der Waals surface area contributed by atoms with Gasteiger partial charge in [0.1, 0.15) is 5.75 Å². The maximum atomic E-state index is 11.6. The normalized spacial score (nSPS) is 10.4. The van der Waals surface area contributed by atoms with E-state index in [1.54, 1.807) is 12.1 Å². The molecule has 3 heteroatoms. The first-order valence-corrected chi connectivity index (χ1v) is 7.77. The van der Waals surface area contributed by atoms with Crippen molar-refractivity contribution in [2.75, 3.05) is 6.54 Å². The summed E-state index contributed by atoms with van der Waals surface area (Å²) in [5.74, 6) is 0.431. The summed E-state index contributed by atoms with van der Waals surface area (Å²) in [5.41, 5.74) is 1.13. The number of carbonyl (C=O) groups excluding carboxylic acids is 1. The van der Waals surface area contributed by atoms with Crippen molar-refractivity contribution in [2.24, 2.45) is 0 Å². The lowest BCUT2D eigenvalue weighted by Crippen LogP contribution is -2.25. The third kappa shape index (κ3) is 7.82. The van der Waals surface area contributed by atoms with Gasteiger partial charge in [-0.25, -0.2) is 0 Å². The number of rotatable bonds is 10. The summed E-state index contributed by atoms with van der Waals surface area (Å²) in [7, 11) is 0. The van der Waals surface area contributed by atoms with E-state index >= 15 is 0 Å². The number of hydrogen-bond donors (Lipinski definition) is 2. The van der Waals surface area contributed by atoms with Crippen LogP contribution in [0.1, 0.15) is 57.4 Å². The highest BCUT2D eigenvalue weighted by atomic mass is 16.3. The molecule has 1 aromatic carbocycles. The minimum atomic E-state index is 0.152. The van der Waals surface area contributed by atoms with E-state index in [9.17, 15) is 9.90 Å². The Bertz CT molecular complexity index is 373. The first kappa shape index (κ1) is 16.5. The van der Waals surface area contributed by atoms with E-state index in [1.807, 2.05) is 12.1 Å². The van der Waals surface area contributed by atoms with Crippen LogP contribution in [-0.2, 0) is 11.2 Å². The van der Waals surface area contributed by atoms with Crippen molar-refractivity contribution in [1.82, 2.24) is 5.32 Å². The van der Waals surface area contributed by atoms with E-state index in [-0.39, 0.29) is 11.7 Å². The topological polar surface area (TPSA) is 49.3 Å². The molecular weight excluding hydrogens is 250 g/mol. The molecular formula is C17H27NO2. The zero-order valence-corrected chi connectivity index (χ0v) is 12.5. The monoisotopic (exact) mass is 277 g/mol. The van der Waals surface area contributed by atoms with Gasteiger partial charge < -0.3 is 10.4 Å². The summed E-state index contributed by atoms with van der Waals surface area (Å²) < 4.78 is 0. The van der Waals surface area contributed by atoms with E-state index < -0.39 is 0 Å². The van der Waals surface area contributed by atoms with Gasteiger partial charge >= 0.3 is 0 Å². The molecule has 0 bridgehead atoms. The van der Waals surface area contributed by atoms with Crippen molar-refractivity contribution in [3.8, 4) is 5.75 Å². The second kappa shape index (κ2) is 10.3. The zero-order valence-electron chi connectivity index (χ0n) is 12.5. The van der Waals surface area contributed by atoms with Gasteiger partial charge in [-0.1, -0.05) is 51.2 Å². The first-order chi connectivity index (χ1) is 9.72. The Morgan fingerprint density at radius 3 is 2.40 bits per heavy atom. The Morgan fingerprint density at radius 1 is 1.05 bits per heavy atom. The Kier molecular flexibility index (Phi) is 8.52. The van der Waals surface area contributed by atoms with Crippen molar-refractivity contribution >= 4 is 5.91 Å². The lowest BCUT2D eigenvalue weighted by molar-refractivity contribution is -0.121. The maximum absolute atomic E-state index is 11.6. The highest BCUT2D eigenvalue weighted by Gasteiger charge is 2.01. The lowest BCUT2D eigenvalue weighted by atomic mass is 10.1. The van der Waals surface area contributed by atoms with E-state index in [0.717, 1.165) is 24.8 Å². The molecule has 2 N–H and O–H groups in total. The number of phenols is 1. The Balaban J connectivity index is 2.01. The molecule has 0 heterocycles. The zero-order chi connectivity index (χ0) is 14.6. The molecule has 112 valence electrons. The summed E-state index contributed by atoms with van der Waals surface area (Å²) in [5, 5.41) is 12.1. The van der Waals surface area contributed by atoms with Crippen LogP contribution in [0.4, 0.5) is 0 Å². The molecule has 0 aliphatic heterocycles. The van der Waals surface area contributed by atoms with Crippen molar-refractivity contribution in [3.05, 3.63) is 29.8 Å². The van der Waals surface area contributed by atoms with Crippen LogP contribution in [-0.4, -0.2) is 17.6 Å². The fourth-order valence-electron chi connectivity index (χ4n) is 2.16. The number of phenolic OH excluding ortho intramolecular Hbond substituents is 1. The van der Waals surface area contributed by atoms with Crippen LogP contribution >= 0.6 is 0 Å². The van der Waals surface area contributed by atoms with E-state index in [1.165, 1.54) is 25.7 Å². The van der Waals surface area contributed by atoms with E-state index in [2.05, 4.69) is 12.2 Å². The number of nitrogens with one attached hydrogen (secondary N) is 1. The van der Waals surface area contributed by atoms with Crippen LogP contribution in [0.2, 0.25) is 0 Å². The molecule has 0 aliphatic carbocycles. The minimum absolute atomic E-state index is 0.152. The van der Waals surface area contributed by atoms with Crippen molar-refractivity contribution < 1.29 is 9.90 Å². The summed E-state index contributed by atoms with van der Waals surface area (Å²) in [6.45, 7) is 2.88. The average molecular weight is 277 g/mol. The molecule has 0 radical (unpaired) electrons. The average Bonchev–Trinajstić information content (AvgIpc) is 2.45. The summed E-state index contributed by atoms with van der Waals surface area (Å²) >= 11 is 0. The second-order valence-electron chi connectivity index (χ2n) is 5.28. The molecule has 0 unspecified atom stereocenters. The Morgan fingerprint density at radius 2 is 1.70 bits per heavy atom. The fourth-order valence-corrected chi connectivity index (χ4v) is 2.16. The quantitative estimate of drug-likeness (QED) is 0.639. The summed E-state index contributed by atoms with van der Waals surface area (Å²) in [6.07, 6.45) is 8.70. The van der Waals surface area contributed by atoms with Gasteiger partial charge in [0.25, 0.3) is 0 Å². The van der Waals surface area contributed by atoms with Gasteiger partial charge in [0.05, 0.1) is 0 Å². The van der Waals surface area contributed by atoms with Crippen LogP contribution in [0.15, 0.2) is 24.3 Å². The number of amides is 1. The molecule has 0 fully saturated rings. The Labute approximate surface area is 122 Å². The number of aromatic hydroxyl groups is 1. The molecule has 1 amide bonds. The first-order valence-electron chi connectivity index (χ1n) is 7.77. The van der Waals surface area contributed by atoms with Gasteiger partial charge in [-0.3, -0.25) is 4.79 Å².